The maximum absolute atomic E-state index is 12.6. The molecule has 0 heterocycles. The molecule has 0 aliphatic rings. The number of amides is 2. The molecule has 2 N–H and O–H groups in total. The fraction of sp³-hybridized carbons (Fsp3) is 0.130. The van der Waals surface area contributed by atoms with Gasteiger partial charge in [-0.25, -0.2) is 0 Å². The Morgan fingerprint density at radius 2 is 1.61 bits per heavy atom. The molecule has 0 bridgehead atoms. The van der Waals surface area contributed by atoms with E-state index in [1.54, 1.807) is 42.5 Å². The van der Waals surface area contributed by atoms with Crippen molar-refractivity contribution in [1.82, 2.24) is 10.9 Å². The summed E-state index contributed by atoms with van der Waals surface area (Å²) in [6, 6.07) is 21.8. The van der Waals surface area contributed by atoms with Crippen molar-refractivity contribution in [2.45, 2.75) is 6.42 Å². The van der Waals surface area contributed by atoms with Gasteiger partial charge in [0.1, 0.15) is 11.5 Å². The van der Waals surface area contributed by atoms with E-state index in [-0.39, 0.29) is 12.2 Å². The van der Waals surface area contributed by atoms with Crippen LogP contribution in [-0.4, -0.2) is 25.0 Å². The lowest BCUT2D eigenvalue weighted by Gasteiger charge is -2.13. The highest BCUT2D eigenvalue weighted by molar-refractivity contribution is 9.10. The molecule has 0 atom stereocenters. The minimum absolute atomic E-state index is 0.287. The van der Waals surface area contributed by atoms with Crippen molar-refractivity contribution in [2.75, 3.05) is 13.2 Å². The van der Waals surface area contributed by atoms with Gasteiger partial charge in [-0.3, -0.25) is 20.4 Å². The smallest absolute Gasteiger partial charge is 0.276 e. The third-order valence-corrected chi connectivity index (χ3v) is 4.99. The molecular formula is C23H20BrClN2O4. The Hall–Kier alpha value is -3.03. The van der Waals surface area contributed by atoms with Crippen molar-refractivity contribution in [3.63, 3.8) is 0 Å². The molecule has 8 heteroatoms. The minimum atomic E-state index is -0.533. The molecule has 0 aliphatic carbocycles. The van der Waals surface area contributed by atoms with Gasteiger partial charge in [0.05, 0.1) is 17.2 Å². The predicted octanol–water partition coefficient (Wildman–Crippen LogP) is 4.56. The van der Waals surface area contributed by atoms with Gasteiger partial charge in [0, 0.05) is 10.9 Å². The number of nitrogens with one attached hydrogen (secondary N) is 2. The second kappa shape index (κ2) is 11.4. The highest BCUT2D eigenvalue weighted by Crippen LogP contribution is 2.24. The third kappa shape index (κ3) is 7.01. The Morgan fingerprint density at radius 3 is 2.39 bits per heavy atom. The van der Waals surface area contributed by atoms with E-state index in [9.17, 15) is 9.59 Å². The van der Waals surface area contributed by atoms with E-state index in [1.165, 1.54) is 0 Å². The second-order valence-electron chi connectivity index (χ2n) is 6.45. The number of carbonyl (C=O) groups excluding carboxylic acids is 2. The third-order valence-electron chi connectivity index (χ3n) is 4.19. The lowest BCUT2D eigenvalue weighted by atomic mass is 10.1. The Morgan fingerprint density at radius 1 is 0.871 bits per heavy atom. The number of para-hydroxylation sites is 1. The molecule has 31 heavy (non-hydrogen) atoms. The van der Waals surface area contributed by atoms with Crippen LogP contribution in [0.15, 0.2) is 77.3 Å². The Labute approximate surface area is 193 Å². The first-order chi connectivity index (χ1) is 15.0. The zero-order chi connectivity index (χ0) is 22.1. The lowest BCUT2D eigenvalue weighted by molar-refractivity contribution is -0.123. The van der Waals surface area contributed by atoms with Gasteiger partial charge < -0.3 is 9.47 Å². The number of benzene rings is 3. The van der Waals surface area contributed by atoms with Crippen molar-refractivity contribution < 1.29 is 19.1 Å². The normalized spacial score (nSPS) is 10.3. The minimum Gasteiger partial charge on any atom is -0.492 e. The van der Waals surface area contributed by atoms with Crippen LogP contribution in [0.1, 0.15) is 15.9 Å². The summed E-state index contributed by atoms with van der Waals surface area (Å²) in [5.74, 6) is -0.248. The van der Waals surface area contributed by atoms with Crippen LogP contribution in [0.5, 0.6) is 11.5 Å². The van der Waals surface area contributed by atoms with Crippen LogP contribution >= 0.6 is 27.5 Å². The number of hydrogen-bond donors (Lipinski definition) is 2. The van der Waals surface area contributed by atoms with Crippen LogP contribution in [0.2, 0.25) is 5.02 Å². The van der Waals surface area contributed by atoms with Gasteiger partial charge in [0.2, 0.25) is 0 Å². The molecule has 0 spiro atoms. The van der Waals surface area contributed by atoms with E-state index < -0.39 is 11.8 Å². The fourth-order valence-corrected chi connectivity index (χ4v) is 3.22. The fourth-order valence-electron chi connectivity index (χ4n) is 2.66. The first-order valence-electron chi connectivity index (χ1n) is 9.45. The topological polar surface area (TPSA) is 76.7 Å². The van der Waals surface area contributed by atoms with E-state index in [1.807, 2.05) is 30.3 Å². The molecule has 0 aromatic heterocycles. The van der Waals surface area contributed by atoms with Gasteiger partial charge in [0.15, 0.2) is 6.61 Å². The maximum Gasteiger partial charge on any atom is 0.276 e. The van der Waals surface area contributed by atoms with Crippen LogP contribution in [0.25, 0.3) is 0 Å². The quantitative estimate of drug-likeness (QED) is 0.442. The first kappa shape index (κ1) is 22.7. The molecule has 3 aromatic rings. The standard InChI is InChI=1S/C23H20BrClN2O4/c24-17-10-11-20(30-13-12-16-6-2-1-3-7-16)18(14-17)23(29)27-26-22(28)15-31-21-9-5-4-8-19(21)25/h1-11,14H,12-13,15H2,(H,26,28)(H,27,29). The van der Waals surface area contributed by atoms with Crippen molar-refractivity contribution in [3.8, 4) is 11.5 Å². The van der Waals surface area contributed by atoms with Crippen molar-refractivity contribution in [2.24, 2.45) is 0 Å². The number of carbonyl (C=O) groups is 2. The van der Waals surface area contributed by atoms with Gasteiger partial charge in [-0.05, 0) is 35.9 Å². The number of halogens is 2. The summed E-state index contributed by atoms with van der Waals surface area (Å²) in [5, 5.41) is 0.394. The molecule has 0 aliphatic heterocycles. The molecule has 0 saturated heterocycles. The molecule has 0 fully saturated rings. The summed E-state index contributed by atoms with van der Waals surface area (Å²) in [6.07, 6.45) is 0.702. The Balaban J connectivity index is 1.53. The van der Waals surface area contributed by atoms with Crippen LogP contribution < -0.4 is 20.3 Å². The van der Waals surface area contributed by atoms with Crippen LogP contribution in [0.4, 0.5) is 0 Å². The molecule has 0 unspecified atom stereocenters. The largest absolute Gasteiger partial charge is 0.492 e. The predicted molar refractivity (Wildman–Crippen MR) is 122 cm³/mol. The molecule has 2 amide bonds. The Kier molecular flexibility index (Phi) is 8.32. The molecule has 3 rings (SSSR count). The van der Waals surface area contributed by atoms with Crippen LogP contribution in [0, 0.1) is 0 Å². The zero-order valence-corrected chi connectivity index (χ0v) is 18.8. The number of hydrazine groups is 1. The van der Waals surface area contributed by atoms with Gasteiger partial charge in [-0.1, -0.05) is 70.0 Å². The summed E-state index contributed by atoms with van der Waals surface area (Å²) < 4.78 is 11.9. The summed E-state index contributed by atoms with van der Waals surface area (Å²) in [5.41, 5.74) is 6.12. The average molecular weight is 504 g/mol. The van der Waals surface area contributed by atoms with Crippen molar-refractivity contribution >= 4 is 39.3 Å². The van der Waals surface area contributed by atoms with E-state index in [0.717, 1.165) is 5.56 Å². The van der Waals surface area contributed by atoms with Gasteiger partial charge >= 0.3 is 0 Å². The second-order valence-corrected chi connectivity index (χ2v) is 7.77. The SMILES string of the molecule is O=C(COc1ccccc1Cl)NNC(=O)c1cc(Br)ccc1OCCc1ccccc1. The van der Waals surface area contributed by atoms with Crippen LogP contribution in [0.3, 0.4) is 0 Å². The maximum atomic E-state index is 12.6. The van der Waals surface area contributed by atoms with Gasteiger partial charge in [-0.15, -0.1) is 0 Å². The summed E-state index contributed by atoms with van der Waals surface area (Å²) in [4.78, 5) is 24.6. The monoisotopic (exact) mass is 502 g/mol. The number of ether oxygens (including phenoxy) is 2. The lowest BCUT2D eigenvalue weighted by Crippen LogP contribution is -2.44. The summed E-state index contributed by atoms with van der Waals surface area (Å²) in [6.45, 7) is 0.104. The van der Waals surface area contributed by atoms with Crippen LogP contribution in [-0.2, 0) is 11.2 Å². The molecule has 3 aromatic carbocycles. The molecule has 6 nitrogen and oxygen atoms in total. The molecular weight excluding hydrogens is 484 g/mol. The molecule has 160 valence electrons. The van der Waals surface area contributed by atoms with Crippen molar-refractivity contribution in [1.29, 1.82) is 0 Å². The van der Waals surface area contributed by atoms with E-state index in [0.29, 0.717) is 34.0 Å². The molecule has 0 radical (unpaired) electrons. The van der Waals surface area contributed by atoms with Gasteiger partial charge in [-0.2, -0.15) is 0 Å². The van der Waals surface area contributed by atoms with Gasteiger partial charge in [0.25, 0.3) is 11.8 Å². The Bertz CT molecular complexity index is 1050. The molecule has 0 saturated carbocycles. The van der Waals surface area contributed by atoms with Crippen molar-refractivity contribution in [3.05, 3.63) is 93.4 Å². The number of rotatable bonds is 8. The highest BCUT2D eigenvalue weighted by Gasteiger charge is 2.15. The number of hydrogen-bond acceptors (Lipinski definition) is 4. The first-order valence-corrected chi connectivity index (χ1v) is 10.6. The van der Waals surface area contributed by atoms with E-state index in [4.69, 9.17) is 21.1 Å². The van der Waals surface area contributed by atoms with E-state index >= 15 is 0 Å². The summed E-state index contributed by atoms with van der Waals surface area (Å²) >= 11 is 9.34. The van der Waals surface area contributed by atoms with E-state index in [2.05, 4.69) is 26.8 Å². The summed E-state index contributed by atoms with van der Waals surface area (Å²) in [7, 11) is 0. The highest BCUT2D eigenvalue weighted by atomic mass is 79.9. The average Bonchev–Trinajstić information content (AvgIpc) is 2.78. The zero-order valence-electron chi connectivity index (χ0n) is 16.4.